The summed E-state index contributed by atoms with van der Waals surface area (Å²) in [6, 6.07) is 12.4. The molecule has 0 atom stereocenters. The number of carbonyl (C=O) groups is 2. The summed E-state index contributed by atoms with van der Waals surface area (Å²) in [7, 11) is 1.29. The third kappa shape index (κ3) is 6.21. The fourth-order valence-electron chi connectivity index (χ4n) is 3.38. The van der Waals surface area contributed by atoms with Crippen LogP contribution >= 0.6 is 23.2 Å². The molecule has 0 saturated heterocycles. The van der Waals surface area contributed by atoms with Gasteiger partial charge >= 0.3 is 6.09 Å². The second kappa shape index (κ2) is 11.1. The summed E-state index contributed by atoms with van der Waals surface area (Å²) in [5.74, 6) is 0.367. The molecule has 4 rings (SSSR count). The number of carbonyl (C=O) groups excluding carboxylic acids is 2. The number of hydrogen-bond donors (Lipinski definition) is 5. The van der Waals surface area contributed by atoms with Gasteiger partial charge in [0.05, 0.1) is 19.3 Å². The number of aryl methyl sites for hydroxylation is 1. The summed E-state index contributed by atoms with van der Waals surface area (Å²) in [5, 5.41) is 12.0. The molecule has 2 aromatic carbocycles. The van der Waals surface area contributed by atoms with Crippen LogP contribution in [0.2, 0.25) is 10.2 Å². The standard InChI is InChI=1S/C22H22Cl2N8O3/c1-35-22(34)27-16-6-2-13(3-7-16)20-21(24)29-18(28-20)11-25-19(33)9-4-14-10-15(23)5-8-17(14)32-12-26-30-31-32/h2-3,5-8,10,12,30-31H,4,9,11H2,1H3,(H,25,33)(H,27,34)(H,28,29). The Morgan fingerprint density at radius 1 is 1.14 bits per heavy atom. The van der Waals surface area contributed by atoms with E-state index in [0.29, 0.717) is 33.8 Å². The molecule has 1 aliphatic heterocycles. The van der Waals surface area contributed by atoms with Gasteiger partial charge in [-0.3, -0.25) is 10.1 Å². The second-order valence-electron chi connectivity index (χ2n) is 7.43. The first-order valence-electron chi connectivity index (χ1n) is 10.5. The molecule has 0 fully saturated rings. The Hall–Kier alpha value is -3.80. The van der Waals surface area contributed by atoms with Crippen LogP contribution in [0.15, 0.2) is 47.6 Å². The van der Waals surface area contributed by atoms with E-state index in [2.05, 4.69) is 41.5 Å². The van der Waals surface area contributed by atoms with Crippen molar-refractivity contribution >= 4 is 52.9 Å². The van der Waals surface area contributed by atoms with Gasteiger partial charge in [0.2, 0.25) is 5.91 Å². The van der Waals surface area contributed by atoms with Crippen LogP contribution in [0, 0.1) is 0 Å². The number of imidazole rings is 1. The maximum atomic E-state index is 12.5. The minimum absolute atomic E-state index is 0.149. The lowest BCUT2D eigenvalue weighted by molar-refractivity contribution is -0.121. The number of aromatic amines is 1. The lowest BCUT2D eigenvalue weighted by Crippen LogP contribution is -2.37. The van der Waals surface area contributed by atoms with Gasteiger partial charge in [0.15, 0.2) is 0 Å². The van der Waals surface area contributed by atoms with Gasteiger partial charge < -0.3 is 15.0 Å². The van der Waals surface area contributed by atoms with E-state index in [1.54, 1.807) is 41.7 Å². The molecule has 13 heteroatoms. The average Bonchev–Trinajstić information content (AvgIpc) is 3.52. The maximum absolute atomic E-state index is 12.5. The van der Waals surface area contributed by atoms with Gasteiger partial charge in [0.25, 0.3) is 0 Å². The number of halogens is 2. The molecule has 5 N–H and O–H groups in total. The first kappa shape index (κ1) is 24.3. The van der Waals surface area contributed by atoms with E-state index in [-0.39, 0.29) is 18.9 Å². The van der Waals surface area contributed by atoms with Gasteiger partial charge in [0.1, 0.15) is 23.0 Å². The number of aromatic nitrogens is 2. The molecule has 35 heavy (non-hydrogen) atoms. The van der Waals surface area contributed by atoms with Crippen LogP contribution in [0.3, 0.4) is 0 Å². The van der Waals surface area contributed by atoms with E-state index in [1.807, 2.05) is 12.1 Å². The highest BCUT2D eigenvalue weighted by Crippen LogP contribution is 2.27. The Kier molecular flexibility index (Phi) is 7.70. The Bertz CT molecular complexity index is 1250. The third-order valence-electron chi connectivity index (χ3n) is 5.08. The molecule has 0 spiro atoms. The second-order valence-corrected chi connectivity index (χ2v) is 8.24. The van der Waals surface area contributed by atoms with Gasteiger partial charge in [-0.1, -0.05) is 35.3 Å². The topological polar surface area (TPSA) is 136 Å². The van der Waals surface area contributed by atoms with Gasteiger partial charge in [0, 0.05) is 22.7 Å². The van der Waals surface area contributed by atoms with Crippen molar-refractivity contribution in [3.05, 3.63) is 64.0 Å². The monoisotopic (exact) mass is 516 g/mol. The molecule has 1 aliphatic rings. The first-order valence-corrected chi connectivity index (χ1v) is 11.3. The number of rotatable bonds is 8. The molecule has 0 radical (unpaired) electrons. The molecule has 0 bridgehead atoms. The number of nitrogens with zero attached hydrogens (tertiary/aromatic N) is 3. The van der Waals surface area contributed by atoms with Crippen molar-refractivity contribution in [1.82, 2.24) is 26.4 Å². The van der Waals surface area contributed by atoms with Gasteiger partial charge in [-0.05, 0) is 42.3 Å². The van der Waals surface area contributed by atoms with Crippen LogP contribution in [0.1, 0.15) is 17.8 Å². The summed E-state index contributed by atoms with van der Waals surface area (Å²) in [6.45, 7) is 0.188. The Morgan fingerprint density at radius 3 is 2.66 bits per heavy atom. The number of anilines is 2. The fourth-order valence-corrected chi connectivity index (χ4v) is 3.84. The number of hydrogen-bond acceptors (Lipinski definition) is 8. The van der Waals surface area contributed by atoms with E-state index in [9.17, 15) is 9.59 Å². The highest BCUT2D eigenvalue weighted by Gasteiger charge is 2.15. The summed E-state index contributed by atoms with van der Waals surface area (Å²) in [5.41, 5.74) is 9.11. The molecule has 0 unspecified atom stereocenters. The fraction of sp³-hybridized carbons (Fsp3) is 0.182. The number of hydrazine groups is 2. The third-order valence-corrected chi connectivity index (χ3v) is 5.59. The lowest BCUT2D eigenvalue weighted by Gasteiger charge is -2.18. The molecule has 182 valence electrons. The number of ether oxygens (including phenoxy) is 1. The van der Waals surface area contributed by atoms with Crippen LogP contribution in [-0.2, 0) is 22.5 Å². The molecule has 0 saturated carbocycles. The molecule has 11 nitrogen and oxygen atoms in total. The van der Waals surface area contributed by atoms with Crippen LogP contribution in [0.4, 0.5) is 16.2 Å². The molecule has 1 aromatic heterocycles. The van der Waals surface area contributed by atoms with E-state index < -0.39 is 6.09 Å². The van der Waals surface area contributed by atoms with Crippen molar-refractivity contribution in [2.45, 2.75) is 19.4 Å². The Morgan fingerprint density at radius 2 is 1.94 bits per heavy atom. The van der Waals surface area contributed by atoms with Crippen molar-refractivity contribution in [3.63, 3.8) is 0 Å². The normalized spacial score (nSPS) is 12.4. The van der Waals surface area contributed by atoms with Crippen molar-refractivity contribution < 1.29 is 14.3 Å². The number of hydrazone groups is 1. The molecule has 2 heterocycles. The zero-order valence-electron chi connectivity index (χ0n) is 18.6. The van der Waals surface area contributed by atoms with Crippen LogP contribution in [0.5, 0.6) is 0 Å². The molecule has 2 amide bonds. The zero-order valence-corrected chi connectivity index (χ0v) is 20.1. The van der Waals surface area contributed by atoms with Crippen LogP contribution in [-0.4, -0.2) is 35.4 Å². The van der Waals surface area contributed by atoms with Crippen LogP contribution in [0.25, 0.3) is 11.3 Å². The number of H-pyrrole nitrogens is 1. The molecular formula is C22H22Cl2N8O3. The van der Waals surface area contributed by atoms with E-state index in [0.717, 1.165) is 16.8 Å². The average molecular weight is 517 g/mol. The van der Waals surface area contributed by atoms with Gasteiger partial charge in [-0.2, -0.15) is 5.10 Å². The van der Waals surface area contributed by atoms with E-state index in [1.165, 1.54) is 7.11 Å². The minimum Gasteiger partial charge on any atom is -0.453 e. The van der Waals surface area contributed by atoms with Crippen molar-refractivity contribution in [3.8, 4) is 11.3 Å². The molecular weight excluding hydrogens is 495 g/mol. The number of methoxy groups -OCH3 is 1. The minimum atomic E-state index is -0.557. The zero-order chi connectivity index (χ0) is 24.8. The largest absolute Gasteiger partial charge is 0.453 e. The molecule has 3 aromatic rings. The van der Waals surface area contributed by atoms with Crippen molar-refractivity contribution in [2.75, 3.05) is 17.4 Å². The van der Waals surface area contributed by atoms with Crippen LogP contribution < -0.4 is 26.7 Å². The predicted octanol–water partition coefficient (Wildman–Crippen LogP) is 3.58. The van der Waals surface area contributed by atoms with Gasteiger partial charge in [-0.25, -0.2) is 20.3 Å². The highest BCUT2D eigenvalue weighted by atomic mass is 35.5. The van der Waals surface area contributed by atoms with Crippen molar-refractivity contribution in [1.29, 1.82) is 0 Å². The lowest BCUT2D eigenvalue weighted by atomic mass is 10.1. The summed E-state index contributed by atoms with van der Waals surface area (Å²) < 4.78 is 4.57. The van der Waals surface area contributed by atoms with E-state index >= 15 is 0 Å². The quantitative estimate of drug-likeness (QED) is 0.308. The smallest absolute Gasteiger partial charge is 0.411 e. The van der Waals surface area contributed by atoms with Crippen molar-refractivity contribution in [2.24, 2.45) is 5.10 Å². The highest BCUT2D eigenvalue weighted by molar-refractivity contribution is 6.32. The predicted molar refractivity (Wildman–Crippen MR) is 134 cm³/mol. The Labute approximate surface area is 210 Å². The SMILES string of the molecule is COC(=O)Nc1ccc(-c2nc(CNC(=O)CCc3cc(Cl)ccc3N3C=NNN3)[nH]c2Cl)cc1. The Balaban J connectivity index is 1.33. The summed E-state index contributed by atoms with van der Waals surface area (Å²) in [6.07, 6.45) is 1.76. The maximum Gasteiger partial charge on any atom is 0.411 e. The first-order chi connectivity index (χ1) is 16.9. The van der Waals surface area contributed by atoms with E-state index in [4.69, 9.17) is 23.2 Å². The molecule has 0 aliphatic carbocycles. The summed E-state index contributed by atoms with van der Waals surface area (Å²) >= 11 is 12.5. The number of benzene rings is 2. The number of amides is 2. The summed E-state index contributed by atoms with van der Waals surface area (Å²) in [4.78, 5) is 31.3. The number of nitrogens with one attached hydrogen (secondary N) is 5. The van der Waals surface area contributed by atoms with Gasteiger partial charge in [-0.15, -0.1) is 5.53 Å².